The van der Waals surface area contributed by atoms with Crippen LogP contribution in [0.3, 0.4) is 0 Å². The van der Waals surface area contributed by atoms with Gasteiger partial charge in [-0.1, -0.05) is 37.6 Å². The fourth-order valence-corrected chi connectivity index (χ4v) is 3.92. The van der Waals surface area contributed by atoms with Crippen LogP contribution in [0.15, 0.2) is 0 Å². The lowest BCUT2D eigenvalue weighted by atomic mass is 9.77. The van der Waals surface area contributed by atoms with Crippen LogP contribution in [0.2, 0.25) is 0 Å². The van der Waals surface area contributed by atoms with Crippen molar-refractivity contribution in [2.45, 2.75) is 57.9 Å². The molecule has 1 amide bonds. The van der Waals surface area contributed by atoms with Crippen LogP contribution in [-0.2, 0) is 6.42 Å². The summed E-state index contributed by atoms with van der Waals surface area (Å²) in [6.07, 6.45) is 6.01. The minimum absolute atomic E-state index is 0.0572. The Bertz CT molecular complexity index is 465. The molecule has 1 aromatic heterocycles. The highest BCUT2D eigenvalue weighted by atomic mass is 35.5. The molecule has 0 aromatic carbocycles. The van der Waals surface area contributed by atoms with Crippen LogP contribution in [-0.4, -0.2) is 26.9 Å². The molecule has 0 aliphatic heterocycles. The van der Waals surface area contributed by atoms with E-state index in [9.17, 15) is 4.79 Å². The maximum atomic E-state index is 12.5. The molecule has 2 rings (SSSR count). The highest BCUT2D eigenvalue weighted by Crippen LogP contribution is 2.33. The van der Waals surface area contributed by atoms with Crippen molar-refractivity contribution >= 4 is 29.0 Å². The Morgan fingerprint density at radius 3 is 3.05 bits per heavy atom. The fourth-order valence-electron chi connectivity index (χ4n) is 3.01. The van der Waals surface area contributed by atoms with Gasteiger partial charge in [0.1, 0.15) is 4.88 Å². The van der Waals surface area contributed by atoms with Crippen LogP contribution in [0.5, 0.6) is 0 Å². The zero-order valence-corrected chi connectivity index (χ0v) is 13.7. The number of nitrogens with zero attached hydrogens (tertiary/aromatic N) is 2. The first-order valence-electron chi connectivity index (χ1n) is 7.30. The monoisotopic (exact) mass is 315 g/mol. The molecule has 112 valence electrons. The number of aromatic nitrogens is 2. The second-order valence-corrected chi connectivity index (χ2v) is 6.89. The van der Waals surface area contributed by atoms with E-state index in [4.69, 9.17) is 11.6 Å². The van der Waals surface area contributed by atoms with Crippen molar-refractivity contribution in [1.29, 1.82) is 0 Å². The van der Waals surface area contributed by atoms with E-state index in [1.165, 1.54) is 18.0 Å². The molecule has 1 saturated carbocycles. The lowest BCUT2D eigenvalue weighted by Gasteiger charge is -2.39. The number of carbonyl (C=O) groups is 1. The molecule has 1 fully saturated rings. The SMILES string of the molecule is CCCc1nnsc1C(=O)NC1(CCl)CCCC(C)C1. The molecule has 0 bridgehead atoms. The second kappa shape index (κ2) is 6.85. The van der Waals surface area contributed by atoms with Crippen LogP contribution in [0, 0.1) is 5.92 Å². The minimum atomic E-state index is -0.260. The van der Waals surface area contributed by atoms with Crippen molar-refractivity contribution < 1.29 is 4.79 Å². The molecule has 4 nitrogen and oxygen atoms in total. The first-order chi connectivity index (χ1) is 9.60. The minimum Gasteiger partial charge on any atom is -0.345 e. The summed E-state index contributed by atoms with van der Waals surface area (Å²) in [5, 5.41) is 7.23. The summed E-state index contributed by atoms with van der Waals surface area (Å²) in [5.41, 5.74) is 0.549. The lowest BCUT2D eigenvalue weighted by molar-refractivity contribution is 0.0870. The average molecular weight is 316 g/mol. The molecule has 1 aliphatic carbocycles. The molecule has 1 aromatic rings. The molecule has 0 spiro atoms. The molecule has 6 heteroatoms. The topological polar surface area (TPSA) is 54.9 Å². The van der Waals surface area contributed by atoms with Gasteiger partial charge in [0, 0.05) is 5.88 Å². The number of rotatable bonds is 5. The van der Waals surface area contributed by atoms with Gasteiger partial charge in [0.2, 0.25) is 0 Å². The van der Waals surface area contributed by atoms with Gasteiger partial charge >= 0.3 is 0 Å². The summed E-state index contributed by atoms with van der Waals surface area (Å²) in [4.78, 5) is 13.1. The van der Waals surface area contributed by atoms with Crippen molar-refractivity contribution in [2.75, 3.05) is 5.88 Å². The molecule has 1 N–H and O–H groups in total. The van der Waals surface area contributed by atoms with Crippen molar-refractivity contribution in [1.82, 2.24) is 14.9 Å². The number of hydrogen-bond donors (Lipinski definition) is 1. The molecular formula is C14H22ClN3OS. The molecule has 0 radical (unpaired) electrons. The standard InChI is InChI=1S/C14H22ClN3OS/c1-3-5-11-12(20-18-17-11)13(19)16-14(9-15)7-4-6-10(2)8-14/h10H,3-9H2,1-2H3,(H,16,19). The first kappa shape index (κ1) is 15.7. The fraction of sp³-hybridized carbons (Fsp3) is 0.786. The highest BCUT2D eigenvalue weighted by Gasteiger charge is 2.36. The Balaban J connectivity index is 2.10. The predicted octanol–water partition coefficient (Wildman–Crippen LogP) is 3.41. The number of hydrogen-bond acceptors (Lipinski definition) is 4. The Morgan fingerprint density at radius 2 is 2.40 bits per heavy atom. The molecule has 2 atom stereocenters. The van der Waals surface area contributed by atoms with E-state index in [0.29, 0.717) is 16.7 Å². The van der Waals surface area contributed by atoms with Gasteiger partial charge in [0.05, 0.1) is 11.2 Å². The van der Waals surface area contributed by atoms with Gasteiger partial charge < -0.3 is 5.32 Å². The highest BCUT2D eigenvalue weighted by molar-refractivity contribution is 7.08. The number of nitrogens with one attached hydrogen (secondary N) is 1. The normalized spacial score (nSPS) is 26.4. The molecule has 1 aliphatic rings. The van der Waals surface area contributed by atoms with E-state index in [-0.39, 0.29) is 11.4 Å². The van der Waals surface area contributed by atoms with E-state index >= 15 is 0 Å². The number of aryl methyl sites for hydroxylation is 1. The molecule has 0 saturated heterocycles. The van der Waals surface area contributed by atoms with E-state index in [2.05, 4.69) is 28.8 Å². The van der Waals surface area contributed by atoms with Crippen LogP contribution < -0.4 is 5.32 Å². The Kier molecular flexibility index (Phi) is 5.38. The van der Waals surface area contributed by atoms with Crippen LogP contribution in [0.25, 0.3) is 0 Å². The van der Waals surface area contributed by atoms with Gasteiger partial charge in [0.15, 0.2) is 0 Å². The third kappa shape index (κ3) is 3.50. The Morgan fingerprint density at radius 1 is 1.60 bits per heavy atom. The molecule has 1 heterocycles. The van der Waals surface area contributed by atoms with Crippen molar-refractivity contribution in [2.24, 2.45) is 5.92 Å². The van der Waals surface area contributed by atoms with Gasteiger partial charge in [-0.2, -0.15) is 0 Å². The molecule has 20 heavy (non-hydrogen) atoms. The van der Waals surface area contributed by atoms with Gasteiger partial charge in [-0.15, -0.1) is 16.7 Å². The van der Waals surface area contributed by atoms with Gasteiger partial charge in [-0.3, -0.25) is 4.79 Å². The van der Waals surface area contributed by atoms with E-state index < -0.39 is 0 Å². The van der Waals surface area contributed by atoms with Crippen molar-refractivity contribution in [3.63, 3.8) is 0 Å². The van der Waals surface area contributed by atoms with Gasteiger partial charge in [-0.25, -0.2) is 0 Å². The zero-order chi connectivity index (χ0) is 14.6. The average Bonchev–Trinajstić information content (AvgIpc) is 2.87. The number of halogens is 1. The third-order valence-electron chi connectivity index (χ3n) is 3.97. The summed E-state index contributed by atoms with van der Waals surface area (Å²) in [5.74, 6) is 1.02. The molecular weight excluding hydrogens is 294 g/mol. The van der Waals surface area contributed by atoms with Crippen LogP contribution in [0.1, 0.15) is 61.3 Å². The Labute approximate surface area is 129 Å². The summed E-state index contributed by atoms with van der Waals surface area (Å²) in [7, 11) is 0. The van der Waals surface area contributed by atoms with Gasteiger partial charge in [0.25, 0.3) is 5.91 Å². The van der Waals surface area contributed by atoms with Gasteiger partial charge in [-0.05, 0) is 36.7 Å². The Hall–Kier alpha value is -0.680. The predicted molar refractivity (Wildman–Crippen MR) is 82.5 cm³/mol. The van der Waals surface area contributed by atoms with E-state index in [1.807, 2.05) is 0 Å². The smallest absolute Gasteiger partial charge is 0.265 e. The number of carbonyl (C=O) groups excluding carboxylic acids is 1. The van der Waals surface area contributed by atoms with Crippen LogP contribution in [0.4, 0.5) is 0 Å². The second-order valence-electron chi connectivity index (χ2n) is 5.87. The summed E-state index contributed by atoms with van der Waals surface area (Å²) in [6, 6.07) is 0. The quantitative estimate of drug-likeness (QED) is 0.847. The summed E-state index contributed by atoms with van der Waals surface area (Å²) < 4.78 is 3.92. The summed E-state index contributed by atoms with van der Waals surface area (Å²) in [6.45, 7) is 4.30. The maximum Gasteiger partial charge on any atom is 0.265 e. The summed E-state index contributed by atoms with van der Waals surface area (Å²) >= 11 is 7.35. The number of alkyl halides is 1. The van der Waals surface area contributed by atoms with Crippen molar-refractivity contribution in [3.8, 4) is 0 Å². The maximum absolute atomic E-state index is 12.5. The largest absolute Gasteiger partial charge is 0.345 e. The van der Waals surface area contributed by atoms with Crippen LogP contribution >= 0.6 is 23.1 Å². The third-order valence-corrected chi connectivity index (χ3v) is 5.25. The van der Waals surface area contributed by atoms with E-state index in [1.54, 1.807) is 0 Å². The first-order valence-corrected chi connectivity index (χ1v) is 8.60. The lowest BCUT2D eigenvalue weighted by Crippen LogP contribution is -2.52. The zero-order valence-electron chi connectivity index (χ0n) is 12.1. The molecule has 2 unspecified atom stereocenters. The van der Waals surface area contributed by atoms with Crippen molar-refractivity contribution in [3.05, 3.63) is 10.6 Å². The number of amides is 1. The van der Waals surface area contributed by atoms with E-state index in [0.717, 1.165) is 37.8 Å².